The van der Waals surface area contributed by atoms with E-state index in [-0.39, 0.29) is 0 Å². The van der Waals surface area contributed by atoms with E-state index in [9.17, 15) is 0 Å². The Kier molecular flexibility index (Phi) is 2.88. The third-order valence-corrected chi connectivity index (χ3v) is 3.33. The van der Waals surface area contributed by atoms with E-state index < -0.39 is 0 Å². The Morgan fingerprint density at radius 3 is 3.11 bits per heavy atom. The number of fused-ring (bicyclic) bond motifs is 1. The molecule has 5 heteroatoms. The van der Waals surface area contributed by atoms with Crippen molar-refractivity contribution in [2.45, 2.75) is 32.2 Å². The molecular weight excluding hydrogens is 230 g/mol. The van der Waals surface area contributed by atoms with Gasteiger partial charge in [-0.1, -0.05) is 5.16 Å². The second kappa shape index (κ2) is 4.68. The summed E-state index contributed by atoms with van der Waals surface area (Å²) in [4.78, 5) is 4.53. The number of nitrogens with zero attached hydrogens (tertiary/aromatic N) is 3. The number of imidazole rings is 1. The molecule has 0 fully saturated rings. The van der Waals surface area contributed by atoms with Crippen molar-refractivity contribution in [1.82, 2.24) is 9.55 Å². The highest BCUT2D eigenvalue weighted by Crippen LogP contribution is 2.22. The average Bonchev–Trinajstić information content (AvgIpc) is 3.00. The van der Waals surface area contributed by atoms with Crippen LogP contribution < -0.4 is 0 Å². The third-order valence-electron chi connectivity index (χ3n) is 3.33. The molecule has 0 saturated carbocycles. The van der Waals surface area contributed by atoms with E-state index in [1.807, 2.05) is 12.1 Å². The highest BCUT2D eigenvalue weighted by molar-refractivity contribution is 5.74. The van der Waals surface area contributed by atoms with Gasteiger partial charge in [-0.15, -0.1) is 0 Å². The number of aryl methyl sites for hydroxylation is 1. The molecule has 94 valence electrons. The van der Waals surface area contributed by atoms with Crippen molar-refractivity contribution < 1.29 is 9.62 Å². The van der Waals surface area contributed by atoms with Gasteiger partial charge in [-0.05, 0) is 37.8 Å². The molecule has 0 saturated heterocycles. The maximum Gasteiger partial charge on any atom is 0.155 e. The van der Waals surface area contributed by atoms with Crippen molar-refractivity contribution in [2.24, 2.45) is 5.16 Å². The van der Waals surface area contributed by atoms with Crippen molar-refractivity contribution in [3.8, 4) is 0 Å². The van der Waals surface area contributed by atoms with Gasteiger partial charge in [0.25, 0.3) is 0 Å². The summed E-state index contributed by atoms with van der Waals surface area (Å²) in [7, 11) is 0. The summed E-state index contributed by atoms with van der Waals surface area (Å²) in [5.74, 6) is 1.58. The maximum atomic E-state index is 8.72. The Balaban J connectivity index is 2.01. The van der Waals surface area contributed by atoms with E-state index >= 15 is 0 Å². The standard InChI is InChI=1S/C13H15N3O2/c17-14-8-13-15-11-5-1-2-6-12(11)16(13)9-10-4-3-7-18-10/h3-4,7-8,17H,1-2,5-6,9H2/b14-8+. The van der Waals surface area contributed by atoms with Crippen molar-refractivity contribution in [2.75, 3.05) is 0 Å². The first-order chi connectivity index (χ1) is 8.88. The van der Waals surface area contributed by atoms with Gasteiger partial charge in [-0.25, -0.2) is 4.98 Å². The number of rotatable bonds is 3. The summed E-state index contributed by atoms with van der Waals surface area (Å²) in [6, 6.07) is 3.81. The Hall–Kier alpha value is -2.04. The number of oxime groups is 1. The molecule has 18 heavy (non-hydrogen) atoms. The maximum absolute atomic E-state index is 8.72. The third kappa shape index (κ3) is 1.92. The van der Waals surface area contributed by atoms with Gasteiger partial charge >= 0.3 is 0 Å². The fraction of sp³-hybridized carbons (Fsp3) is 0.385. The predicted octanol–water partition coefficient (Wildman–Crippen LogP) is 2.21. The van der Waals surface area contributed by atoms with Gasteiger partial charge in [-0.3, -0.25) is 0 Å². The highest BCUT2D eigenvalue weighted by atomic mass is 16.4. The molecule has 3 rings (SSSR count). The van der Waals surface area contributed by atoms with Crippen LogP contribution in [-0.2, 0) is 19.4 Å². The number of hydrogen-bond donors (Lipinski definition) is 1. The molecular formula is C13H15N3O2. The lowest BCUT2D eigenvalue weighted by atomic mass is 10.0. The van der Waals surface area contributed by atoms with Crippen LogP contribution in [-0.4, -0.2) is 21.0 Å². The van der Waals surface area contributed by atoms with Gasteiger partial charge in [0, 0.05) is 5.69 Å². The van der Waals surface area contributed by atoms with Crippen LogP contribution in [0.2, 0.25) is 0 Å². The topological polar surface area (TPSA) is 63.6 Å². The Morgan fingerprint density at radius 2 is 2.33 bits per heavy atom. The average molecular weight is 245 g/mol. The minimum absolute atomic E-state index is 0.636. The minimum atomic E-state index is 0.636. The lowest BCUT2D eigenvalue weighted by Crippen LogP contribution is -2.11. The molecule has 2 aromatic rings. The normalized spacial score (nSPS) is 15.1. The van der Waals surface area contributed by atoms with E-state index in [0.717, 1.165) is 24.3 Å². The first kappa shape index (κ1) is 11.1. The molecule has 1 aliphatic carbocycles. The molecule has 0 radical (unpaired) electrons. The summed E-state index contributed by atoms with van der Waals surface area (Å²) in [5.41, 5.74) is 2.37. The Morgan fingerprint density at radius 1 is 1.44 bits per heavy atom. The van der Waals surface area contributed by atoms with Gasteiger partial charge in [0.05, 0.1) is 18.5 Å². The first-order valence-corrected chi connectivity index (χ1v) is 6.16. The second-order valence-electron chi connectivity index (χ2n) is 4.48. The number of furan rings is 1. The molecule has 0 unspecified atom stereocenters. The Bertz CT molecular complexity index is 555. The molecule has 5 nitrogen and oxygen atoms in total. The minimum Gasteiger partial charge on any atom is -0.467 e. The van der Waals surface area contributed by atoms with E-state index in [1.165, 1.54) is 24.8 Å². The molecule has 0 bridgehead atoms. The Labute approximate surface area is 105 Å². The largest absolute Gasteiger partial charge is 0.467 e. The van der Waals surface area contributed by atoms with Crippen molar-refractivity contribution in [1.29, 1.82) is 0 Å². The van der Waals surface area contributed by atoms with Gasteiger partial charge < -0.3 is 14.2 Å². The quantitative estimate of drug-likeness (QED) is 0.512. The lowest BCUT2D eigenvalue weighted by Gasteiger charge is -2.13. The van der Waals surface area contributed by atoms with E-state index in [1.54, 1.807) is 6.26 Å². The molecule has 0 aliphatic heterocycles. The van der Waals surface area contributed by atoms with Crippen LogP contribution in [0.25, 0.3) is 0 Å². The molecule has 1 aliphatic rings. The lowest BCUT2D eigenvalue weighted by molar-refractivity contribution is 0.321. The highest BCUT2D eigenvalue weighted by Gasteiger charge is 2.19. The molecule has 1 N–H and O–H groups in total. The van der Waals surface area contributed by atoms with Crippen LogP contribution in [0.4, 0.5) is 0 Å². The fourth-order valence-electron chi connectivity index (χ4n) is 2.51. The van der Waals surface area contributed by atoms with E-state index in [4.69, 9.17) is 9.62 Å². The van der Waals surface area contributed by atoms with Gasteiger partial charge in [-0.2, -0.15) is 0 Å². The summed E-state index contributed by atoms with van der Waals surface area (Å²) in [6.45, 7) is 0.636. The first-order valence-electron chi connectivity index (χ1n) is 6.16. The second-order valence-corrected chi connectivity index (χ2v) is 4.48. The van der Waals surface area contributed by atoms with Crippen molar-refractivity contribution >= 4 is 6.21 Å². The molecule has 0 amide bonds. The predicted molar refractivity (Wildman–Crippen MR) is 66.1 cm³/mol. The van der Waals surface area contributed by atoms with Gasteiger partial charge in [0.15, 0.2) is 5.82 Å². The van der Waals surface area contributed by atoms with Crippen molar-refractivity contribution in [3.05, 3.63) is 41.4 Å². The summed E-state index contributed by atoms with van der Waals surface area (Å²) < 4.78 is 7.45. The molecule has 2 aromatic heterocycles. The van der Waals surface area contributed by atoms with Crippen LogP contribution in [0.15, 0.2) is 28.0 Å². The zero-order valence-corrected chi connectivity index (χ0v) is 10.0. The molecule has 0 aromatic carbocycles. The SMILES string of the molecule is O/N=C/c1nc2c(n1Cc1ccco1)CCCC2. The number of hydrogen-bond acceptors (Lipinski definition) is 4. The van der Waals surface area contributed by atoms with Crippen LogP contribution in [0.1, 0.15) is 35.8 Å². The fourth-order valence-corrected chi connectivity index (χ4v) is 2.51. The summed E-state index contributed by atoms with van der Waals surface area (Å²) >= 11 is 0. The molecule has 0 atom stereocenters. The monoisotopic (exact) mass is 245 g/mol. The van der Waals surface area contributed by atoms with Crippen LogP contribution >= 0.6 is 0 Å². The van der Waals surface area contributed by atoms with E-state index in [2.05, 4.69) is 14.7 Å². The van der Waals surface area contributed by atoms with E-state index in [0.29, 0.717) is 12.4 Å². The van der Waals surface area contributed by atoms with Crippen LogP contribution in [0.3, 0.4) is 0 Å². The molecule has 0 spiro atoms. The van der Waals surface area contributed by atoms with Gasteiger partial charge in [0.1, 0.15) is 12.0 Å². The zero-order valence-electron chi connectivity index (χ0n) is 10.0. The summed E-state index contributed by atoms with van der Waals surface area (Å²) in [5, 5.41) is 11.8. The smallest absolute Gasteiger partial charge is 0.155 e. The van der Waals surface area contributed by atoms with Crippen molar-refractivity contribution in [3.63, 3.8) is 0 Å². The summed E-state index contributed by atoms with van der Waals surface area (Å²) in [6.07, 6.45) is 7.46. The van der Waals surface area contributed by atoms with Crippen LogP contribution in [0, 0.1) is 0 Å². The molecule has 2 heterocycles. The number of aromatic nitrogens is 2. The van der Waals surface area contributed by atoms with Gasteiger partial charge in [0.2, 0.25) is 0 Å². The van der Waals surface area contributed by atoms with Crippen LogP contribution in [0.5, 0.6) is 0 Å². The zero-order chi connectivity index (χ0) is 12.4.